The maximum Gasteiger partial charge on any atom is 0.0731 e. The van der Waals surface area contributed by atoms with Crippen molar-refractivity contribution < 1.29 is 0 Å². The zero-order valence-corrected chi connectivity index (χ0v) is 9.85. The Labute approximate surface area is 105 Å². The van der Waals surface area contributed by atoms with Gasteiger partial charge in [0.1, 0.15) is 0 Å². The number of nitrogens with one attached hydrogen (secondary N) is 1. The van der Waals surface area contributed by atoms with Gasteiger partial charge in [0.2, 0.25) is 0 Å². The van der Waals surface area contributed by atoms with Gasteiger partial charge in [-0.3, -0.25) is 5.10 Å². The molecule has 0 bridgehead atoms. The average molecular weight is 232 g/mol. The van der Waals surface area contributed by atoms with Crippen molar-refractivity contribution in [2.45, 2.75) is 6.42 Å². The second-order valence-electron chi connectivity index (χ2n) is 4.65. The molecule has 0 amide bonds. The van der Waals surface area contributed by atoms with Gasteiger partial charge in [-0.1, -0.05) is 48.5 Å². The third-order valence-electron chi connectivity index (χ3n) is 3.61. The normalized spacial score (nSPS) is 12.2. The summed E-state index contributed by atoms with van der Waals surface area (Å²) in [5, 5.41) is 7.36. The molecular formula is C16H12N2. The molecule has 1 aliphatic carbocycles. The van der Waals surface area contributed by atoms with E-state index in [1.54, 1.807) is 0 Å². The Kier molecular flexibility index (Phi) is 1.92. The standard InChI is InChI=1S/C16H12N2/c1-3-7-13-11(5-1)9-12-6-2-4-8-14(12)16-15(13)10-17-18-16/h1-8,10H,9H2,(H,17,18). The fourth-order valence-electron chi connectivity index (χ4n) is 2.76. The molecule has 2 aromatic carbocycles. The number of aromatic nitrogens is 2. The van der Waals surface area contributed by atoms with Crippen molar-refractivity contribution in [3.8, 4) is 22.4 Å². The van der Waals surface area contributed by atoms with E-state index in [9.17, 15) is 0 Å². The largest absolute Gasteiger partial charge is 0.277 e. The van der Waals surface area contributed by atoms with Gasteiger partial charge >= 0.3 is 0 Å². The summed E-state index contributed by atoms with van der Waals surface area (Å²) in [7, 11) is 0. The summed E-state index contributed by atoms with van der Waals surface area (Å²) < 4.78 is 0. The van der Waals surface area contributed by atoms with Crippen molar-refractivity contribution in [3.63, 3.8) is 0 Å². The Hall–Kier alpha value is -2.35. The van der Waals surface area contributed by atoms with Crippen LogP contribution in [0.2, 0.25) is 0 Å². The van der Waals surface area contributed by atoms with Crippen LogP contribution in [-0.4, -0.2) is 10.2 Å². The lowest BCUT2D eigenvalue weighted by atomic mass is 9.99. The van der Waals surface area contributed by atoms with E-state index < -0.39 is 0 Å². The minimum atomic E-state index is 0.981. The molecule has 1 N–H and O–H groups in total. The molecule has 2 heteroatoms. The first kappa shape index (κ1) is 9.66. The van der Waals surface area contributed by atoms with Crippen molar-refractivity contribution in [3.05, 3.63) is 65.9 Å². The van der Waals surface area contributed by atoms with Gasteiger partial charge in [-0.05, 0) is 23.1 Å². The lowest BCUT2D eigenvalue weighted by Crippen LogP contribution is -1.90. The molecule has 18 heavy (non-hydrogen) atoms. The predicted molar refractivity (Wildman–Crippen MR) is 72.3 cm³/mol. The summed E-state index contributed by atoms with van der Waals surface area (Å²) >= 11 is 0. The molecule has 0 fully saturated rings. The van der Waals surface area contributed by atoms with Gasteiger partial charge < -0.3 is 0 Å². The number of rotatable bonds is 0. The molecule has 0 atom stereocenters. The van der Waals surface area contributed by atoms with E-state index in [2.05, 4.69) is 58.7 Å². The van der Waals surface area contributed by atoms with Gasteiger partial charge in [0.15, 0.2) is 0 Å². The number of H-pyrrole nitrogens is 1. The van der Waals surface area contributed by atoms with E-state index in [0.717, 1.165) is 12.1 Å². The molecule has 86 valence electrons. The lowest BCUT2D eigenvalue weighted by molar-refractivity contribution is 1.09. The van der Waals surface area contributed by atoms with Gasteiger partial charge in [-0.15, -0.1) is 0 Å². The third kappa shape index (κ3) is 1.26. The van der Waals surface area contributed by atoms with Gasteiger partial charge in [-0.25, -0.2) is 0 Å². The summed E-state index contributed by atoms with van der Waals surface area (Å²) in [5.74, 6) is 0. The highest BCUT2D eigenvalue weighted by Gasteiger charge is 2.19. The fourth-order valence-corrected chi connectivity index (χ4v) is 2.76. The van der Waals surface area contributed by atoms with Gasteiger partial charge in [0.05, 0.1) is 11.9 Å². The highest BCUT2D eigenvalue weighted by molar-refractivity contribution is 5.85. The Morgan fingerprint density at radius 2 is 1.44 bits per heavy atom. The van der Waals surface area contributed by atoms with E-state index in [4.69, 9.17) is 0 Å². The minimum absolute atomic E-state index is 0.981. The molecule has 2 nitrogen and oxygen atoms in total. The van der Waals surface area contributed by atoms with E-state index in [1.165, 1.54) is 27.8 Å². The second-order valence-corrected chi connectivity index (χ2v) is 4.65. The van der Waals surface area contributed by atoms with Gasteiger partial charge in [0, 0.05) is 11.1 Å². The Balaban J connectivity index is 2.12. The van der Waals surface area contributed by atoms with Crippen LogP contribution in [0.25, 0.3) is 22.4 Å². The fraction of sp³-hybridized carbons (Fsp3) is 0.0625. The van der Waals surface area contributed by atoms with Crippen molar-refractivity contribution in [2.75, 3.05) is 0 Å². The van der Waals surface area contributed by atoms with Crippen LogP contribution in [0, 0.1) is 0 Å². The molecule has 0 radical (unpaired) electrons. The van der Waals surface area contributed by atoms with Crippen molar-refractivity contribution in [1.82, 2.24) is 10.2 Å². The molecule has 3 aromatic rings. The van der Waals surface area contributed by atoms with Crippen LogP contribution >= 0.6 is 0 Å². The summed E-state index contributed by atoms with van der Waals surface area (Å²) in [6, 6.07) is 17.1. The highest BCUT2D eigenvalue weighted by atomic mass is 15.1. The van der Waals surface area contributed by atoms with E-state index in [1.807, 2.05) is 6.20 Å². The van der Waals surface area contributed by atoms with Crippen LogP contribution in [0.15, 0.2) is 54.7 Å². The molecule has 0 spiro atoms. The first-order chi connectivity index (χ1) is 8.93. The molecular weight excluding hydrogens is 220 g/mol. The first-order valence-corrected chi connectivity index (χ1v) is 6.13. The number of hydrogen-bond acceptors (Lipinski definition) is 1. The van der Waals surface area contributed by atoms with Crippen LogP contribution in [-0.2, 0) is 6.42 Å². The van der Waals surface area contributed by atoms with E-state index in [-0.39, 0.29) is 0 Å². The Bertz CT molecular complexity index is 665. The van der Waals surface area contributed by atoms with Crippen molar-refractivity contribution in [2.24, 2.45) is 0 Å². The Morgan fingerprint density at radius 1 is 0.778 bits per heavy atom. The molecule has 4 rings (SSSR count). The van der Waals surface area contributed by atoms with Gasteiger partial charge in [0.25, 0.3) is 0 Å². The smallest absolute Gasteiger partial charge is 0.0731 e. The zero-order valence-electron chi connectivity index (χ0n) is 9.85. The molecule has 0 aliphatic heterocycles. The molecule has 1 aliphatic rings. The lowest BCUT2D eigenvalue weighted by Gasteiger charge is -2.05. The quantitative estimate of drug-likeness (QED) is 0.492. The predicted octanol–water partition coefficient (Wildman–Crippen LogP) is 3.65. The van der Waals surface area contributed by atoms with E-state index in [0.29, 0.717) is 0 Å². The zero-order chi connectivity index (χ0) is 11.9. The van der Waals surface area contributed by atoms with Crippen LogP contribution in [0.1, 0.15) is 11.1 Å². The van der Waals surface area contributed by atoms with Crippen LogP contribution < -0.4 is 0 Å². The first-order valence-electron chi connectivity index (χ1n) is 6.13. The molecule has 0 saturated heterocycles. The van der Waals surface area contributed by atoms with Crippen LogP contribution in [0.5, 0.6) is 0 Å². The van der Waals surface area contributed by atoms with Crippen molar-refractivity contribution in [1.29, 1.82) is 0 Å². The molecule has 0 unspecified atom stereocenters. The SMILES string of the molecule is c1ccc2c(c1)Cc1ccccc1-c1[nH]ncc1-2. The number of fused-ring (bicyclic) bond motifs is 5. The van der Waals surface area contributed by atoms with Crippen LogP contribution in [0.3, 0.4) is 0 Å². The monoisotopic (exact) mass is 232 g/mol. The molecule has 0 saturated carbocycles. The van der Waals surface area contributed by atoms with Crippen LogP contribution in [0.4, 0.5) is 0 Å². The highest BCUT2D eigenvalue weighted by Crippen LogP contribution is 2.38. The van der Waals surface area contributed by atoms with Gasteiger partial charge in [-0.2, -0.15) is 5.10 Å². The van der Waals surface area contributed by atoms with Crippen molar-refractivity contribution >= 4 is 0 Å². The summed E-state index contributed by atoms with van der Waals surface area (Å²) in [4.78, 5) is 0. The summed E-state index contributed by atoms with van der Waals surface area (Å²) in [5.41, 5.74) is 7.61. The maximum absolute atomic E-state index is 4.22. The summed E-state index contributed by atoms with van der Waals surface area (Å²) in [6.45, 7) is 0. The number of benzene rings is 2. The molecule has 1 aromatic heterocycles. The third-order valence-corrected chi connectivity index (χ3v) is 3.61. The Morgan fingerprint density at radius 3 is 2.28 bits per heavy atom. The minimum Gasteiger partial charge on any atom is -0.277 e. The maximum atomic E-state index is 4.22. The average Bonchev–Trinajstić information content (AvgIpc) is 2.84. The molecule has 1 heterocycles. The number of hydrogen-bond donors (Lipinski definition) is 1. The van der Waals surface area contributed by atoms with E-state index >= 15 is 0 Å². The number of aromatic amines is 1. The second kappa shape index (κ2) is 3.57. The topological polar surface area (TPSA) is 28.7 Å². The number of nitrogens with zero attached hydrogens (tertiary/aromatic N) is 1. The summed E-state index contributed by atoms with van der Waals surface area (Å²) in [6.07, 6.45) is 2.91.